The summed E-state index contributed by atoms with van der Waals surface area (Å²) in [6.45, 7) is 14.5. The predicted octanol–water partition coefficient (Wildman–Crippen LogP) is 3.03. The Kier molecular flexibility index (Phi) is 11.8. The van der Waals surface area contributed by atoms with E-state index in [0.29, 0.717) is 25.1 Å². The summed E-state index contributed by atoms with van der Waals surface area (Å²) in [6, 6.07) is 6.78. The number of rotatable bonds is 8. The van der Waals surface area contributed by atoms with E-state index < -0.39 is 0 Å². The quantitative estimate of drug-likeness (QED) is 0.324. The van der Waals surface area contributed by atoms with E-state index in [0.717, 1.165) is 50.1 Å². The van der Waals surface area contributed by atoms with Crippen LogP contribution in [-0.2, 0) is 11.3 Å². The summed E-state index contributed by atoms with van der Waals surface area (Å²) >= 11 is 0. The third-order valence-corrected chi connectivity index (χ3v) is 4.96. The molecule has 28 heavy (non-hydrogen) atoms. The summed E-state index contributed by atoms with van der Waals surface area (Å²) in [4.78, 5) is 6.90. The van der Waals surface area contributed by atoms with E-state index >= 15 is 0 Å². The fourth-order valence-electron chi connectivity index (χ4n) is 3.39. The summed E-state index contributed by atoms with van der Waals surface area (Å²) in [7, 11) is 1.81. The van der Waals surface area contributed by atoms with Crippen molar-refractivity contribution in [2.24, 2.45) is 10.9 Å². The SMILES string of the molecule is CCOc1cc(C)ccc1CNC(=NC)NCC(C(C)C)N1CCOCC1.I. The first-order valence-corrected chi connectivity index (χ1v) is 10.0. The van der Waals surface area contributed by atoms with Gasteiger partial charge < -0.3 is 20.1 Å². The maximum absolute atomic E-state index is 5.77. The van der Waals surface area contributed by atoms with Gasteiger partial charge in [0.05, 0.1) is 19.8 Å². The number of morpholine rings is 1. The minimum atomic E-state index is 0. The fraction of sp³-hybridized carbons (Fsp3) is 0.667. The Morgan fingerprint density at radius 2 is 1.96 bits per heavy atom. The second-order valence-electron chi connectivity index (χ2n) is 7.31. The van der Waals surface area contributed by atoms with Crippen molar-refractivity contribution in [1.82, 2.24) is 15.5 Å². The molecule has 1 aliphatic heterocycles. The molecule has 1 heterocycles. The van der Waals surface area contributed by atoms with E-state index in [9.17, 15) is 0 Å². The smallest absolute Gasteiger partial charge is 0.191 e. The molecule has 0 spiro atoms. The van der Waals surface area contributed by atoms with Gasteiger partial charge in [-0.25, -0.2) is 0 Å². The van der Waals surface area contributed by atoms with Gasteiger partial charge in [-0.05, 0) is 31.4 Å². The van der Waals surface area contributed by atoms with Crippen molar-refractivity contribution < 1.29 is 9.47 Å². The van der Waals surface area contributed by atoms with Crippen molar-refractivity contribution in [3.63, 3.8) is 0 Å². The molecular formula is C21H37IN4O2. The van der Waals surface area contributed by atoms with Crippen LogP contribution in [0, 0.1) is 12.8 Å². The molecule has 0 bridgehead atoms. The molecule has 1 saturated heterocycles. The highest BCUT2D eigenvalue weighted by Gasteiger charge is 2.23. The monoisotopic (exact) mass is 504 g/mol. The number of hydrogen-bond acceptors (Lipinski definition) is 4. The number of aliphatic imine (C=N–C) groups is 1. The molecule has 1 aromatic carbocycles. The zero-order valence-corrected chi connectivity index (χ0v) is 20.3. The van der Waals surface area contributed by atoms with Gasteiger partial charge in [0.15, 0.2) is 5.96 Å². The molecule has 7 heteroatoms. The van der Waals surface area contributed by atoms with Gasteiger partial charge in [0.2, 0.25) is 0 Å². The van der Waals surface area contributed by atoms with E-state index in [1.165, 1.54) is 5.56 Å². The highest BCUT2D eigenvalue weighted by atomic mass is 127. The number of nitrogens with zero attached hydrogens (tertiary/aromatic N) is 2. The van der Waals surface area contributed by atoms with Crippen LogP contribution in [0.5, 0.6) is 5.75 Å². The van der Waals surface area contributed by atoms with Gasteiger partial charge in [-0.15, -0.1) is 24.0 Å². The van der Waals surface area contributed by atoms with Crippen LogP contribution in [0.25, 0.3) is 0 Å². The normalized spacial score (nSPS) is 16.4. The second-order valence-corrected chi connectivity index (χ2v) is 7.31. The van der Waals surface area contributed by atoms with Crippen LogP contribution in [0.4, 0.5) is 0 Å². The van der Waals surface area contributed by atoms with Crippen LogP contribution < -0.4 is 15.4 Å². The molecule has 0 aromatic heterocycles. The van der Waals surface area contributed by atoms with E-state index in [-0.39, 0.29) is 24.0 Å². The minimum Gasteiger partial charge on any atom is -0.494 e. The Labute approximate surface area is 187 Å². The third kappa shape index (κ3) is 7.75. The Morgan fingerprint density at radius 3 is 2.57 bits per heavy atom. The van der Waals surface area contributed by atoms with Gasteiger partial charge in [0, 0.05) is 44.8 Å². The maximum atomic E-state index is 5.77. The summed E-state index contributed by atoms with van der Waals surface area (Å²) in [5, 5.41) is 6.91. The van der Waals surface area contributed by atoms with Gasteiger partial charge in [-0.1, -0.05) is 26.0 Å². The number of halogens is 1. The van der Waals surface area contributed by atoms with Crippen LogP contribution in [-0.4, -0.2) is 63.4 Å². The Morgan fingerprint density at radius 1 is 1.25 bits per heavy atom. The summed E-state index contributed by atoms with van der Waals surface area (Å²) < 4.78 is 11.3. The van der Waals surface area contributed by atoms with Crippen molar-refractivity contribution in [2.45, 2.75) is 40.3 Å². The number of ether oxygens (including phenoxy) is 2. The van der Waals surface area contributed by atoms with E-state index in [1.807, 2.05) is 14.0 Å². The predicted molar refractivity (Wildman–Crippen MR) is 127 cm³/mol. The molecule has 1 unspecified atom stereocenters. The molecule has 2 rings (SSSR count). The van der Waals surface area contributed by atoms with Gasteiger partial charge in [-0.3, -0.25) is 9.89 Å². The highest BCUT2D eigenvalue weighted by Crippen LogP contribution is 2.20. The average molecular weight is 504 g/mol. The number of aryl methyl sites for hydroxylation is 1. The molecule has 0 saturated carbocycles. The maximum Gasteiger partial charge on any atom is 0.191 e. The summed E-state index contributed by atoms with van der Waals surface area (Å²) in [6.07, 6.45) is 0. The molecule has 1 aliphatic rings. The fourth-order valence-corrected chi connectivity index (χ4v) is 3.39. The molecule has 1 atom stereocenters. The van der Waals surface area contributed by atoms with Crippen molar-refractivity contribution in [3.8, 4) is 5.75 Å². The molecular weight excluding hydrogens is 467 g/mol. The molecule has 1 fully saturated rings. The first kappa shape index (κ1) is 25.0. The van der Waals surface area contributed by atoms with Crippen molar-refractivity contribution in [2.75, 3.05) is 46.5 Å². The standard InChI is InChI=1S/C21H36N4O2.HI/c1-6-27-20-13-17(4)7-8-18(20)14-23-21(22-5)24-15-19(16(2)3)25-9-11-26-12-10-25;/h7-8,13,16,19H,6,9-12,14-15H2,1-5H3,(H2,22,23,24);1H. The summed E-state index contributed by atoms with van der Waals surface area (Å²) in [5.41, 5.74) is 2.34. The van der Waals surface area contributed by atoms with Crippen molar-refractivity contribution >= 4 is 29.9 Å². The van der Waals surface area contributed by atoms with Crippen molar-refractivity contribution in [1.29, 1.82) is 0 Å². The number of nitrogens with one attached hydrogen (secondary N) is 2. The topological polar surface area (TPSA) is 58.1 Å². The van der Waals surface area contributed by atoms with Gasteiger partial charge in [-0.2, -0.15) is 0 Å². The molecule has 0 radical (unpaired) electrons. The molecule has 2 N–H and O–H groups in total. The number of guanidine groups is 1. The average Bonchev–Trinajstić information content (AvgIpc) is 2.66. The molecule has 0 aliphatic carbocycles. The van der Waals surface area contributed by atoms with Crippen LogP contribution in [0.1, 0.15) is 31.9 Å². The van der Waals surface area contributed by atoms with Crippen LogP contribution in [0.2, 0.25) is 0 Å². The highest BCUT2D eigenvalue weighted by molar-refractivity contribution is 14.0. The number of hydrogen-bond donors (Lipinski definition) is 2. The molecule has 1 aromatic rings. The van der Waals surface area contributed by atoms with E-state index in [4.69, 9.17) is 9.47 Å². The van der Waals surface area contributed by atoms with Crippen LogP contribution in [0.15, 0.2) is 23.2 Å². The summed E-state index contributed by atoms with van der Waals surface area (Å²) in [5.74, 6) is 2.32. The van der Waals surface area contributed by atoms with E-state index in [2.05, 4.69) is 59.5 Å². The van der Waals surface area contributed by atoms with Crippen LogP contribution >= 0.6 is 24.0 Å². The zero-order chi connectivity index (χ0) is 19.6. The lowest BCUT2D eigenvalue weighted by Gasteiger charge is -2.37. The zero-order valence-electron chi connectivity index (χ0n) is 18.0. The first-order chi connectivity index (χ1) is 13.0. The largest absolute Gasteiger partial charge is 0.494 e. The Hall–Kier alpha value is -1.06. The number of benzene rings is 1. The van der Waals surface area contributed by atoms with Gasteiger partial charge >= 0.3 is 0 Å². The molecule has 160 valence electrons. The lowest BCUT2D eigenvalue weighted by Crippen LogP contribution is -2.52. The van der Waals surface area contributed by atoms with Crippen molar-refractivity contribution in [3.05, 3.63) is 29.3 Å². The lowest BCUT2D eigenvalue weighted by atomic mass is 10.0. The molecule has 0 amide bonds. The van der Waals surface area contributed by atoms with Gasteiger partial charge in [0.1, 0.15) is 5.75 Å². The third-order valence-electron chi connectivity index (χ3n) is 4.96. The Balaban J connectivity index is 0.00000392. The first-order valence-electron chi connectivity index (χ1n) is 10.0. The Bertz CT molecular complexity index is 604. The second kappa shape index (κ2) is 13.2. The van der Waals surface area contributed by atoms with E-state index in [1.54, 1.807) is 0 Å². The van der Waals surface area contributed by atoms with Crippen LogP contribution in [0.3, 0.4) is 0 Å². The minimum absolute atomic E-state index is 0. The van der Waals surface area contributed by atoms with Gasteiger partial charge in [0.25, 0.3) is 0 Å². The molecule has 6 nitrogen and oxygen atoms in total. The lowest BCUT2D eigenvalue weighted by molar-refractivity contribution is 0.00752.